The number of nitrogens with one attached hydrogen (secondary N) is 1. The summed E-state index contributed by atoms with van der Waals surface area (Å²) in [6.07, 6.45) is 2.81. The van der Waals surface area contributed by atoms with Crippen LogP contribution in [0.2, 0.25) is 0 Å². The second kappa shape index (κ2) is 8.15. The number of fused-ring (bicyclic) bond motifs is 1. The van der Waals surface area contributed by atoms with E-state index in [2.05, 4.69) is 15.2 Å². The molecule has 27 heavy (non-hydrogen) atoms. The van der Waals surface area contributed by atoms with E-state index in [0.29, 0.717) is 30.6 Å². The number of ether oxygens (including phenoxy) is 1. The number of nitrogens with two attached hydrogens (primary N) is 1. The second-order valence-corrected chi connectivity index (χ2v) is 6.42. The molecule has 0 saturated heterocycles. The minimum atomic E-state index is -2.94. The number of rotatable bonds is 7. The maximum Gasteiger partial charge on any atom is 0.387 e. The summed E-state index contributed by atoms with van der Waals surface area (Å²) in [4.78, 5) is 23.7. The normalized spacial score (nSPS) is 16.0. The largest absolute Gasteiger partial charge is 0.435 e. The number of hydrogen-bond donors (Lipinski definition) is 2. The number of alkyl halides is 2. The zero-order valence-corrected chi connectivity index (χ0v) is 14.5. The quantitative estimate of drug-likeness (QED) is 0.763. The van der Waals surface area contributed by atoms with Crippen LogP contribution in [0.15, 0.2) is 30.5 Å². The molecule has 0 saturated carbocycles. The smallest absolute Gasteiger partial charge is 0.387 e. The summed E-state index contributed by atoms with van der Waals surface area (Å²) in [5.74, 6) is -0.662. The maximum absolute atomic E-state index is 12.5. The van der Waals surface area contributed by atoms with Gasteiger partial charge in [-0.15, -0.1) is 0 Å². The highest BCUT2D eigenvalue weighted by Crippen LogP contribution is 2.23. The van der Waals surface area contributed by atoms with Crippen LogP contribution in [0.25, 0.3) is 0 Å². The molecule has 1 aliphatic rings. The lowest BCUT2D eigenvalue weighted by Crippen LogP contribution is -2.34. The molecule has 3 rings (SSSR count). The summed E-state index contributed by atoms with van der Waals surface area (Å²) in [6.45, 7) is -1.88. The minimum absolute atomic E-state index is 0.00434. The van der Waals surface area contributed by atoms with Gasteiger partial charge in [0.05, 0.1) is 23.9 Å². The Morgan fingerprint density at radius 2 is 2.15 bits per heavy atom. The summed E-state index contributed by atoms with van der Waals surface area (Å²) >= 11 is 0. The predicted molar refractivity (Wildman–Crippen MR) is 92.3 cm³/mol. The molecule has 0 fully saturated rings. The molecule has 1 aromatic heterocycles. The van der Waals surface area contributed by atoms with Crippen molar-refractivity contribution in [2.24, 2.45) is 11.7 Å². The van der Waals surface area contributed by atoms with Crippen molar-refractivity contribution in [3.8, 4) is 5.75 Å². The van der Waals surface area contributed by atoms with Crippen molar-refractivity contribution in [2.45, 2.75) is 32.4 Å². The number of carbonyl (C=O) groups is 2. The van der Waals surface area contributed by atoms with Crippen LogP contribution in [0.3, 0.4) is 0 Å². The highest BCUT2D eigenvalue weighted by Gasteiger charge is 2.24. The van der Waals surface area contributed by atoms with Gasteiger partial charge in [-0.05, 0) is 24.8 Å². The van der Waals surface area contributed by atoms with Crippen molar-refractivity contribution in [3.05, 3.63) is 47.3 Å². The monoisotopic (exact) mass is 378 g/mol. The molecule has 0 unspecified atom stereocenters. The number of nitrogens with zero attached hydrogens (tertiary/aromatic N) is 2. The topological polar surface area (TPSA) is 99.2 Å². The van der Waals surface area contributed by atoms with Crippen molar-refractivity contribution in [3.63, 3.8) is 0 Å². The summed E-state index contributed by atoms with van der Waals surface area (Å²) < 4.78 is 31.1. The standard InChI is InChI=1S/C18H20F2N4O3/c19-18(20)27-15-4-2-1-3-12(15)8-16(25)22-9-11-5-6-24-14(7-11)13(10-23-24)17(21)26/h1-4,10-11,18H,5-9H2,(H2,21,26)(H,22,25)/t11-/m0/s1. The number of aromatic nitrogens is 2. The van der Waals surface area contributed by atoms with Gasteiger partial charge in [0.25, 0.3) is 5.91 Å². The number of carbonyl (C=O) groups excluding carboxylic acids is 2. The van der Waals surface area contributed by atoms with Crippen molar-refractivity contribution in [2.75, 3.05) is 6.54 Å². The molecule has 2 aromatic rings. The molecule has 0 aliphatic carbocycles. The van der Waals surface area contributed by atoms with Gasteiger partial charge in [-0.1, -0.05) is 18.2 Å². The fourth-order valence-electron chi connectivity index (χ4n) is 3.23. The summed E-state index contributed by atoms with van der Waals surface area (Å²) in [5, 5.41) is 6.98. The number of primary amides is 1. The second-order valence-electron chi connectivity index (χ2n) is 6.42. The van der Waals surface area contributed by atoms with E-state index in [1.54, 1.807) is 22.9 Å². The Hall–Kier alpha value is -2.97. The van der Waals surface area contributed by atoms with E-state index < -0.39 is 12.5 Å². The number of aryl methyl sites for hydroxylation is 1. The Kier molecular flexibility index (Phi) is 5.68. The van der Waals surface area contributed by atoms with Gasteiger partial charge >= 0.3 is 6.61 Å². The van der Waals surface area contributed by atoms with Gasteiger partial charge in [-0.3, -0.25) is 14.3 Å². The van der Waals surface area contributed by atoms with Gasteiger partial charge in [0.2, 0.25) is 5.91 Å². The SMILES string of the molecule is NC(=O)c1cnn2c1C[C@@H](CNC(=O)Cc1ccccc1OC(F)F)CC2. The first-order valence-electron chi connectivity index (χ1n) is 8.58. The van der Waals surface area contributed by atoms with Crippen molar-refractivity contribution in [1.82, 2.24) is 15.1 Å². The van der Waals surface area contributed by atoms with Crippen molar-refractivity contribution in [1.29, 1.82) is 0 Å². The van der Waals surface area contributed by atoms with Crippen molar-refractivity contribution < 1.29 is 23.1 Å². The third-order valence-electron chi connectivity index (χ3n) is 4.57. The first-order chi connectivity index (χ1) is 12.9. The lowest BCUT2D eigenvalue weighted by atomic mass is 9.94. The molecule has 2 heterocycles. The minimum Gasteiger partial charge on any atom is -0.435 e. The van der Waals surface area contributed by atoms with Crippen LogP contribution >= 0.6 is 0 Å². The van der Waals surface area contributed by atoms with E-state index in [9.17, 15) is 18.4 Å². The van der Waals surface area contributed by atoms with Crippen LogP contribution in [0.5, 0.6) is 5.75 Å². The Balaban J connectivity index is 1.56. The molecule has 0 spiro atoms. The molecule has 144 valence electrons. The summed E-state index contributed by atoms with van der Waals surface area (Å²) in [5.41, 5.74) is 6.94. The van der Waals surface area contributed by atoms with E-state index in [-0.39, 0.29) is 24.0 Å². The van der Waals surface area contributed by atoms with Crippen molar-refractivity contribution >= 4 is 11.8 Å². The van der Waals surface area contributed by atoms with E-state index in [4.69, 9.17) is 5.73 Å². The average Bonchev–Trinajstić information content (AvgIpc) is 3.04. The zero-order chi connectivity index (χ0) is 19.4. The zero-order valence-electron chi connectivity index (χ0n) is 14.5. The maximum atomic E-state index is 12.5. The van der Waals surface area contributed by atoms with Crippen LogP contribution in [0.1, 0.15) is 28.0 Å². The summed E-state index contributed by atoms with van der Waals surface area (Å²) in [6, 6.07) is 6.22. The van der Waals surface area contributed by atoms with Crippen LogP contribution in [-0.2, 0) is 24.2 Å². The predicted octanol–water partition coefficient (Wildman–Crippen LogP) is 1.50. The molecule has 1 aromatic carbocycles. The number of benzene rings is 1. The van der Waals surface area contributed by atoms with Gasteiger partial charge in [0.15, 0.2) is 0 Å². The van der Waals surface area contributed by atoms with E-state index in [0.717, 1.165) is 12.1 Å². The first kappa shape index (κ1) is 18.8. The Morgan fingerprint density at radius 1 is 1.37 bits per heavy atom. The molecule has 3 N–H and O–H groups in total. The number of hydrogen-bond acceptors (Lipinski definition) is 4. The van der Waals surface area contributed by atoms with Crippen LogP contribution in [-0.4, -0.2) is 34.8 Å². The molecule has 7 nitrogen and oxygen atoms in total. The molecule has 0 radical (unpaired) electrons. The first-order valence-corrected chi connectivity index (χ1v) is 8.58. The molecule has 2 amide bonds. The Bertz CT molecular complexity index is 838. The van der Waals surface area contributed by atoms with E-state index in [1.807, 2.05) is 0 Å². The third-order valence-corrected chi connectivity index (χ3v) is 4.57. The molecule has 0 bridgehead atoms. The lowest BCUT2D eigenvalue weighted by molar-refractivity contribution is -0.120. The number of para-hydroxylation sites is 1. The summed E-state index contributed by atoms with van der Waals surface area (Å²) in [7, 11) is 0. The van der Waals surface area contributed by atoms with Gasteiger partial charge in [-0.2, -0.15) is 13.9 Å². The Morgan fingerprint density at radius 3 is 2.89 bits per heavy atom. The van der Waals surface area contributed by atoms with Gasteiger partial charge in [-0.25, -0.2) is 0 Å². The number of halogens is 2. The van der Waals surface area contributed by atoms with Crippen LogP contribution < -0.4 is 15.8 Å². The molecule has 9 heteroatoms. The molecule has 1 atom stereocenters. The highest BCUT2D eigenvalue weighted by atomic mass is 19.3. The van der Waals surface area contributed by atoms with Crippen LogP contribution in [0, 0.1) is 5.92 Å². The molecular formula is C18H20F2N4O3. The highest BCUT2D eigenvalue weighted by molar-refractivity contribution is 5.93. The number of amides is 2. The third kappa shape index (κ3) is 4.60. The van der Waals surface area contributed by atoms with Crippen LogP contribution in [0.4, 0.5) is 8.78 Å². The van der Waals surface area contributed by atoms with Gasteiger partial charge in [0, 0.05) is 18.7 Å². The fraction of sp³-hybridized carbons (Fsp3) is 0.389. The fourth-order valence-corrected chi connectivity index (χ4v) is 3.23. The van der Waals surface area contributed by atoms with E-state index >= 15 is 0 Å². The average molecular weight is 378 g/mol. The van der Waals surface area contributed by atoms with Gasteiger partial charge in [0.1, 0.15) is 5.75 Å². The van der Waals surface area contributed by atoms with Gasteiger partial charge < -0.3 is 15.8 Å². The Labute approximate surface area is 154 Å². The molecule has 1 aliphatic heterocycles. The molecular weight excluding hydrogens is 358 g/mol. The lowest BCUT2D eigenvalue weighted by Gasteiger charge is -2.24. The van der Waals surface area contributed by atoms with E-state index in [1.165, 1.54) is 12.3 Å².